The van der Waals surface area contributed by atoms with Gasteiger partial charge in [-0.15, -0.1) is 0 Å². The molecule has 0 spiro atoms. The molecule has 1 aromatic heterocycles. The van der Waals surface area contributed by atoms with Crippen LogP contribution in [0, 0.1) is 0 Å². The lowest BCUT2D eigenvalue weighted by atomic mass is 10.2. The van der Waals surface area contributed by atoms with Crippen LogP contribution in [-0.2, 0) is 4.79 Å². The number of benzene rings is 1. The molecule has 0 unspecified atom stereocenters. The van der Waals surface area contributed by atoms with Crippen molar-refractivity contribution in [1.82, 2.24) is 10.2 Å². The smallest absolute Gasteiger partial charge is 0.326 e. The lowest BCUT2D eigenvalue weighted by Gasteiger charge is -2.22. The predicted octanol–water partition coefficient (Wildman–Crippen LogP) is 2.31. The fourth-order valence-corrected chi connectivity index (χ4v) is 1.85. The molecular weight excluding hydrogens is 272 g/mol. The van der Waals surface area contributed by atoms with Gasteiger partial charge in [0.2, 0.25) is 0 Å². The maximum absolute atomic E-state index is 12.3. The maximum atomic E-state index is 12.3. The summed E-state index contributed by atoms with van der Waals surface area (Å²) >= 11 is 0. The third-order valence-corrected chi connectivity index (χ3v) is 2.83. The summed E-state index contributed by atoms with van der Waals surface area (Å²) in [5.41, 5.74) is 1.27. The van der Waals surface area contributed by atoms with E-state index in [0.717, 1.165) is 0 Å². The number of H-pyrrole nitrogens is 1. The van der Waals surface area contributed by atoms with Gasteiger partial charge in [0, 0.05) is 24.8 Å². The number of carboxylic acids is 1. The van der Waals surface area contributed by atoms with E-state index in [1.807, 2.05) is 18.2 Å². The van der Waals surface area contributed by atoms with Crippen LogP contribution in [0.5, 0.6) is 0 Å². The van der Waals surface area contributed by atoms with Crippen LogP contribution >= 0.6 is 0 Å². The lowest BCUT2D eigenvalue weighted by molar-refractivity contribution is -0.137. The minimum absolute atomic E-state index is 0.0162. The van der Waals surface area contributed by atoms with Crippen molar-refractivity contribution in [3.8, 4) is 0 Å². The van der Waals surface area contributed by atoms with Crippen molar-refractivity contribution in [2.45, 2.75) is 12.8 Å². The molecule has 1 aromatic carbocycles. The van der Waals surface area contributed by atoms with Crippen LogP contribution in [0.2, 0.25) is 0 Å². The molecular formula is C14H16N4O3. The van der Waals surface area contributed by atoms with Gasteiger partial charge in [0.1, 0.15) is 0 Å². The first kappa shape index (κ1) is 14.6. The van der Waals surface area contributed by atoms with Crippen LogP contribution in [0.4, 0.5) is 16.2 Å². The summed E-state index contributed by atoms with van der Waals surface area (Å²) in [6.45, 7) is 0.319. The fraction of sp³-hybridized carbons (Fsp3) is 0.214. The first-order valence-corrected chi connectivity index (χ1v) is 6.51. The Morgan fingerprint density at radius 1 is 1.29 bits per heavy atom. The normalized spacial score (nSPS) is 10.1. The first-order chi connectivity index (χ1) is 10.2. The number of carbonyl (C=O) groups is 2. The number of aromatic amines is 1. The third-order valence-electron chi connectivity index (χ3n) is 2.83. The van der Waals surface area contributed by atoms with Crippen molar-refractivity contribution in [1.29, 1.82) is 0 Å². The summed E-state index contributed by atoms with van der Waals surface area (Å²) in [5, 5.41) is 17.8. The molecule has 0 saturated carbocycles. The maximum Gasteiger partial charge on any atom is 0.326 e. The molecule has 21 heavy (non-hydrogen) atoms. The molecule has 0 atom stereocenters. The summed E-state index contributed by atoms with van der Waals surface area (Å²) in [7, 11) is 0. The molecule has 110 valence electrons. The lowest BCUT2D eigenvalue weighted by Crippen LogP contribution is -2.36. The Balaban J connectivity index is 2.07. The zero-order valence-electron chi connectivity index (χ0n) is 11.3. The first-order valence-electron chi connectivity index (χ1n) is 6.51. The summed E-state index contributed by atoms with van der Waals surface area (Å²) < 4.78 is 0. The van der Waals surface area contributed by atoms with E-state index in [9.17, 15) is 9.59 Å². The highest BCUT2D eigenvalue weighted by Gasteiger charge is 2.16. The van der Waals surface area contributed by atoms with Gasteiger partial charge >= 0.3 is 12.0 Å². The molecule has 0 saturated heterocycles. The summed E-state index contributed by atoms with van der Waals surface area (Å²) in [5.74, 6) is -0.877. The minimum atomic E-state index is -0.877. The van der Waals surface area contributed by atoms with Crippen LogP contribution in [0.3, 0.4) is 0 Å². The topological polar surface area (TPSA) is 98.3 Å². The number of nitrogens with one attached hydrogen (secondary N) is 2. The second kappa shape index (κ2) is 7.09. The van der Waals surface area contributed by atoms with Gasteiger partial charge in [-0.1, -0.05) is 18.2 Å². The zero-order valence-corrected chi connectivity index (χ0v) is 11.3. The third kappa shape index (κ3) is 4.34. The van der Waals surface area contributed by atoms with Crippen LogP contribution in [-0.4, -0.2) is 33.8 Å². The van der Waals surface area contributed by atoms with Gasteiger partial charge in [0.05, 0.1) is 11.9 Å². The van der Waals surface area contributed by atoms with Crippen molar-refractivity contribution in [3.05, 3.63) is 42.7 Å². The van der Waals surface area contributed by atoms with Crippen LogP contribution < -0.4 is 10.2 Å². The van der Waals surface area contributed by atoms with Crippen molar-refractivity contribution in [3.63, 3.8) is 0 Å². The SMILES string of the molecule is O=C(O)CCCN(C(=O)Nc1cn[nH]c1)c1ccccc1. The summed E-state index contributed by atoms with van der Waals surface area (Å²) in [6, 6.07) is 8.78. The molecule has 7 heteroatoms. The Kier molecular flexibility index (Phi) is 4.92. The number of anilines is 2. The number of amides is 2. The van der Waals surface area contributed by atoms with Crippen LogP contribution in [0.1, 0.15) is 12.8 Å². The van der Waals surface area contributed by atoms with Crippen LogP contribution in [0.15, 0.2) is 42.7 Å². The van der Waals surface area contributed by atoms with Gasteiger partial charge in [-0.05, 0) is 18.6 Å². The Hall–Kier alpha value is -2.83. The quantitative estimate of drug-likeness (QED) is 0.759. The number of carbonyl (C=O) groups excluding carboxylic acids is 1. The van der Waals surface area contributed by atoms with Gasteiger partial charge in [0.25, 0.3) is 0 Å². The van der Waals surface area contributed by atoms with Crippen molar-refractivity contribution < 1.29 is 14.7 Å². The predicted molar refractivity (Wildman–Crippen MR) is 78.3 cm³/mol. The number of hydrogen-bond acceptors (Lipinski definition) is 3. The minimum Gasteiger partial charge on any atom is -0.481 e. The van der Waals surface area contributed by atoms with Gasteiger partial charge in [-0.2, -0.15) is 5.10 Å². The standard InChI is InChI=1S/C14H16N4O3/c19-13(20)7-4-8-18(12-5-2-1-3-6-12)14(21)17-11-9-15-16-10-11/h1-3,5-6,9-10H,4,7-8H2,(H,15,16)(H,17,21)(H,19,20). The number of aliphatic carboxylic acids is 1. The second-order valence-corrected chi connectivity index (χ2v) is 4.40. The Morgan fingerprint density at radius 3 is 2.67 bits per heavy atom. The summed E-state index contributed by atoms with van der Waals surface area (Å²) in [4.78, 5) is 24.4. The van der Waals surface area contributed by atoms with E-state index < -0.39 is 5.97 Å². The molecule has 3 N–H and O–H groups in total. The molecule has 7 nitrogen and oxygen atoms in total. The number of carboxylic acid groups (broad SMARTS) is 1. The fourth-order valence-electron chi connectivity index (χ4n) is 1.85. The molecule has 1 heterocycles. The van der Waals surface area contributed by atoms with Crippen molar-refractivity contribution >= 4 is 23.4 Å². The van der Waals surface area contributed by atoms with E-state index in [0.29, 0.717) is 24.3 Å². The van der Waals surface area contributed by atoms with Gasteiger partial charge in [-0.3, -0.25) is 14.8 Å². The zero-order chi connectivity index (χ0) is 15.1. The Labute approximate surface area is 121 Å². The summed E-state index contributed by atoms with van der Waals surface area (Å²) in [6.07, 6.45) is 3.46. The largest absolute Gasteiger partial charge is 0.481 e. The number of para-hydroxylation sites is 1. The van der Waals surface area contributed by atoms with Gasteiger partial charge in [0.15, 0.2) is 0 Å². The highest BCUT2D eigenvalue weighted by molar-refractivity contribution is 6.01. The molecule has 2 aromatic rings. The number of hydrogen-bond donors (Lipinski definition) is 3. The Morgan fingerprint density at radius 2 is 2.05 bits per heavy atom. The van der Waals surface area contributed by atoms with Gasteiger partial charge < -0.3 is 10.4 Å². The van der Waals surface area contributed by atoms with E-state index in [1.54, 1.807) is 18.3 Å². The van der Waals surface area contributed by atoms with E-state index in [1.165, 1.54) is 11.1 Å². The number of aromatic nitrogens is 2. The molecule has 0 bridgehead atoms. The number of nitrogens with zero attached hydrogens (tertiary/aromatic N) is 2. The van der Waals surface area contributed by atoms with Crippen molar-refractivity contribution in [2.75, 3.05) is 16.8 Å². The van der Waals surface area contributed by atoms with Crippen molar-refractivity contribution in [2.24, 2.45) is 0 Å². The Bertz CT molecular complexity index is 584. The van der Waals surface area contributed by atoms with E-state index in [2.05, 4.69) is 15.5 Å². The highest BCUT2D eigenvalue weighted by atomic mass is 16.4. The average Bonchev–Trinajstić information content (AvgIpc) is 2.97. The van der Waals surface area contributed by atoms with E-state index in [-0.39, 0.29) is 12.5 Å². The average molecular weight is 288 g/mol. The highest BCUT2D eigenvalue weighted by Crippen LogP contribution is 2.16. The molecule has 0 aliphatic rings. The molecule has 0 fully saturated rings. The monoisotopic (exact) mass is 288 g/mol. The molecule has 0 aliphatic heterocycles. The van der Waals surface area contributed by atoms with Crippen LogP contribution in [0.25, 0.3) is 0 Å². The van der Waals surface area contributed by atoms with Gasteiger partial charge in [-0.25, -0.2) is 4.79 Å². The van der Waals surface area contributed by atoms with E-state index in [4.69, 9.17) is 5.11 Å². The molecule has 2 amide bonds. The molecule has 2 rings (SSSR count). The molecule has 0 aliphatic carbocycles. The molecule has 0 radical (unpaired) electrons. The second-order valence-electron chi connectivity index (χ2n) is 4.40. The van der Waals surface area contributed by atoms with E-state index >= 15 is 0 Å². The number of rotatable bonds is 6. The number of urea groups is 1.